The molecule has 0 spiro atoms. The third-order valence-corrected chi connectivity index (χ3v) is 3.69. The fraction of sp³-hybridized carbons (Fsp3) is 0.667. The first-order chi connectivity index (χ1) is 8.29. The topological polar surface area (TPSA) is 41.1 Å². The molecule has 94 valence electrons. The Kier molecular flexibility index (Phi) is 4.62. The summed E-state index contributed by atoms with van der Waals surface area (Å²) < 4.78 is 0. The van der Waals surface area contributed by atoms with Crippen LogP contribution in [-0.2, 0) is 0 Å². The van der Waals surface area contributed by atoms with Crippen molar-refractivity contribution in [1.29, 1.82) is 0 Å². The van der Waals surface area contributed by atoms with Gasteiger partial charge in [-0.25, -0.2) is 9.97 Å². The lowest BCUT2D eigenvalue weighted by molar-refractivity contribution is 0.380. The molecule has 1 aliphatic rings. The van der Waals surface area contributed by atoms with Crippen LogP contribution in [0.2, 0.25) is 0 Å². The summed E-state index contributed by atoms with van der Waals surface area (Å²) in [6.07, 6.45) is 6.45. The molecule has 1 aromatic heterocycles. The van der Waals surface area contributed by atoms with Crippen LogP contribution in [0, 0.1) is 5.92 Å². The van der Waals surface area contributed by atoms with Crippen molar-refractivity contribution in [2.75, 3.05) is 37.8 Å². The molecule has 1 aromatic rings. The van der Waals surface area contributed by atoms with Crippen molar-refractivity contribution in [1.82, 2.24) is 15.3 Å². The smallest absolute Gasteiger partial charge is 0.189 e. The van der Waals surface area contributed by atoms with Crippen molar-refractivity contribution >= 4 is 17.6 Å². The fourth-order valence-electron chi connectivity index (χ4n) is 2.20. The molecule has 0 aliphatic carbocycles. The molecule has 1 aliphatic heterocycles. The number of anilines is 1. The van der Waals surface area contributed by atoms with E-state index in [2.05, 4.69) is 27.2 Å². The molecule has 4 nitrogen and oxygen atoms in total. The second-order valence-corrected chi connectivity index (χ2v) is 5.27. The Bertz CT molecular complexity index is 352. The second kappa shape index (κ2) is 6.21. The van der Waals surface area contributed by atoms with E-state index in [1.54, 1.807) is 11.8 Å². The van der Waals surface area contributed by atoms with Gasteiger partial charge in [0, 0.05) is 19.8 Å². The van der Waals surface area contributed by atoms with E-state index in [0.29, 0.717) is 0 Å². The molecule has 0 unspecified atom stereocenters. The van der Waals surface area contributed by atoms with Crippen LogP contribution in [0.5, 0.6) is 0 Å². The van der Waals surface area contributed by atoms with Crippen LogP contribution in [0.4, 0.5) is 5.82 Å². The van der Waals surface area contributed by atoms with Crippen LogP contribution in [0.1, 0.15) is 12.8 Å². The molecule has 0 aromatic carbocycles. The number of thioether (sulfide) groups is 1. The number of aromatic nitrogens is 2. The molecular formula is C12H20N4S. The maximum absolute atomic E-state index is 4.51. The van der Waals surface area contributed by atoms with Crippen LogP contribution < -0.4 is 10.2 Å². The molecule has 0 amide bonds. The lowest BCUT2D eigenvalue weighted by Crippen LogP contribution is -2.37. The number of hydrogen-bond donors (Lipinski definition) is 1. The highest BCUT2D eigenvalue weighted by atomic mass is 32.2. The molecule has 2 rings (SSSR count). The molecule has 0 bridgehead atoms. The Morgan fingerprint density at radius 1 is 1.59 bits per heavy atom. The van der Waals surface area contributed by atoms with E-state index in [9.17, 15) is 0 Å². The first-order valence-electron chi connectivity index (χ1n) is 6.08. The monoisotopic (exact) mass is 252 g/mol. The zero-order valence-electron chi connectivity index (χ0n) is 10.5. The van der Waals surface area contributed by atoms with Crippen LogP contribution in [0.25, 0.3) is 0 Å². The summed E-state index contributed by atoms with van der Waals surface area (Å²) in [7, 11) is 2.11. The summed E-state index contributed by atoms with van der Waals surface area (Å²) in [5.74, 6) is 1.76. The minimum Gasteiger partial charge on any atom is -0.359 e. The number of nitrogens with one attached hydrogen (secondary N) is 1. The van der Waals surface area contributed by atoms with E-state index in [-0.39, 0.29) is 0 Å². The van der Waals surface area contributed by atoms with Crippen molar-refractivity contribution < 1.29 is 0 Å². The average molecular weight is 252 g/mol. The zero-order chi connectivity index (χ0) is 12.1. The standard InChI is InChI=1S/C12H20N4S/c1-16(9-10-4-3-6-13-8-10)11-5-7-14-12(15-11)17-2/h5,7,10,13H,3-4,6,8-9H2,1-2H3/t10-/m0/s1. The van der Waals surface area contributed by atoms with E-state index >= 15 is 0 Å². The first kappa shape index (κ1) is 12.6. The summed E-state index contributed by atoms with van der Waals surface area (Å²) in [6, 6.07) is 1.98. The molecule has 1 saturated heterocycles. The third kappa shape index (κ3) is 3.57. The summed E-state index contributed by atoms with van der Waals surface area (Å²) in [5.41, 5.74) is 0. The molecule has 0 saturated carbocycles. The van der Waals surface area contributed by atoms with E-state index in [1.165, 1.54) is 19.4 Å². The van der Waals surface area contributed by atoms with Crippen molar-refractivity contribution in [2.45, 2.75) is 18.0 Å². The lowest BCUT2D eigenvalue weighted by Gasteiger charge is -2.28. The fourth-order valence-corrected chi connectivity index (χ4v) is 2.55. The predicted octanol–water partition coefficient (Wildman–Crippen LogP) is 1.63. The van der Waals surface area contributed by atoms with Gasteiger partial charge in [-0.05, 0) is 44.2 Å². The van der Waals surface area contributed by atoms with Crippen LogP contribution in [-0.4, -0.2) is 42.9 Å². The second-order valence-electron chi connectivity index (χ2n) is 4.49. The van der Waals surface area contributed by atoms with E-state index in [4.69, 9.17) is 0 Å². The number of hydrogen-bond acceptors (Lipinski definition) is 5. The lowest BCUT2D eigenvalue weighted by atomic mass is 9.99. The summed E-state index contributed by atoms with van der Waals surface area (Å²) in [6.45, 7) is 3.37. The molecular weight excluding hydrogens is 232 g/mol. The summed E-state index contributed by atoms with van der Waals surface area (Å²) in [5, 5.41) is 4.29. The van der Waals surface area contributed by atoms with E-state index in [1.807, 2.05) is 18.5 Å². The van der Waals surface area contributed by atoms with Crippen LogP contribution >= 0.6 is 11.8 Å². The van der Waals surface area contributed by atoms with Gasteiger partial charge in [0.2, 0.25) is 0 Å². The molecule has 17 heavy (non-hydrogen) atoms. The van der Waals surface area contributed by atoms with Gasteiger partial charge in [0.15, 0.2) is 5.16 Å². The quantitative estimate of drug-likeness (QED) is 0.651. The highest BCUT2D eigenvalue weighted by molar-refractivity contribution is 7.98. The van der Waals surface area contributed by atoms with Crippen LogP contribution in [0.15, 0.2) is 17.4 Å². The molecule has 2 heterocycles. The van der Waals surface area contributed by atoms with Crippen LogP contribution in [0.3, 0.4) is 0 Å². The Morgan fingerprint density at radius 3 is 3.18 bits per heavy atom. The Balaban J connectivity index is 1.95. The molecule has 5 heteroatoms. The van der Waals surface area contributed by atoms with Gasteiger partial charge in [0.1, 0.15) is 5.82 Å². The van der Waals surface area contributed by atoms with Gasteiger partial charge < -0.3 is 10.2 Å². The number of nitrogens with zero attached hydrogens (tertiary/aromatic N) is 3. The number of rotatable bonds is 4. The van der Waals surface area contributed by atoms with E-state index < -0.39 is 0 Å². The summed E-state index contributed by atoms with van der Waals surface area (Å²) >= 11 is 1.59. The van der Waals surface area contributed by atoms with Crippen molar-refractivity contribution in [3.05, 3.63) is 12.3 Å². The molecule has 0 radical (unpaired) electrons. The van der Waals surface area contributed by atoms with Gasteiger partial charge in [-0.2, -0.15) is 0 Å². The van der Waals surface area contributed by atoms with E-state index in [0.717, 1.165) is 30.0 Å². The summed E-state index contributed by atoms with van der Waals surface area (Å²) in [4.78, 5) is 10.9. The zero-order valence-corrected chi connectivity index (χ0v) is 11.3. The maximum atomic E-state index is 4.51. The average Bonchev–Trinajstić information content (AvgIpc) is 2.40. The van der Waals surface area contributed by atoms with Gasteiger partial charge in [0.05, 0.1) is 0 Å². The Labute approximate surface area is 107 Å². The van der Waals surface area contributed by atoms with Crippen molar-refractivity contribution in [3.8, 4) is 0 Å². The van der Waals surface area contributed by atoms with Gasteiger partial charge in [0.25, 0.3) is 0 Å². The van der Waals surface area contributed by atoms with Crippen molar-refractivity contribution in [2.24, 2.45) is 5.92 Å². The van der Waals surface area contributed by atoms with Gasteiger partial charge in [-0.1, -0.05) is 11.8 Å². The first-order valence-corrected chi connectivity index (χ1v) is 7.31. The third-order valence-electron chi connectivity index (χ3n) is 3.12. The van der Waals surface area contributed by atoms with Gasteiger partial charge in [-0.3, -0.25) is 0 Å². The minimum atomic E-state index is 0.737. The largest absolute Gasteiger partial charge is 0.359 e. The molecule has 1 N–H and O–H groups in total. The highest BCUT2D eigenvalue weighted by Crippen LogP contribution is 2.17. The highest BCUT2D eigenvalue weighted by Gasteiger charge is 2.15. The van der Waals surface area contributed by atoms with Gasteiger partial charge in [-0.15, -0.1) is 0 Å². The Morgan fingerprint density at radius 2 is 2.47 bits per heavy atom. The minimum absolute atomic E-state index is 0.737. The normalized spacial score (nSPS) is 20.2. The molecule has 1 atom stereocenters. The van der Waals surface area contributed by atoms with Crippen molar-refractivity contribution in [3.63, 3.8) is 0 Å². The predicted molar refractivity (Wildman–Crippen MR) is 72.7 cm³/mol. The molecule has 1 fully saturated rings. The van der Waals surface area contributed by atoms with Gasteiger partial charge >= 0.3 is 0 Å². The Hall–Kier alpha value is -0.810. The maximum Gasteiger partial charge on any atom is 0.189 e. The number of piperidine rings is 1. The SMILES string of the molecule is CSc1nccc(N(C)C[C@H]2CCCNC2)n1.